The van der Waals surface area contributed by atoms with Crippen molar-refractivity contribution in [1.82, 2.24) is 24.5 Å². The molecular weight excluding hydrogens is 490 g/mol. The zero-order valence-electron chi connectivity index (χ0n) is 20.2. The monoisotopic (exact) mass is 517 g/mol. The summed E-state index contributed by atoms with van der Waals surface area (Å²) in [5.74, 6) is -5.86. The number of alkyl halides is 2. The van der Waals surface area contributed by atoms with E-state index in [1.807, 2.05) is 0 Å². The number of carbonyl (C=O) groups is 2. The summed E-state index contributed by atoms with van der Waals surface area (Å²) in [6, 6.07) is 4.79. The van der Waals surface area contributed by atoms with Crippen LogP contribution in [-0.4, -0.2) is 75.7 Å². The SMILES string of the molecule is CN1CCC(F)(F)C[C@H]1C(=O)N[C@@H]1CN(C(=O)c2cccn3cncc23)CC[C@H]1c1cc(F)cc(F)c1. The van der Waals surface area contributed by atoms with Crippen molar-refractivity contribution in [2.45, 2.75) is 43.2 Å². The topological polar surface area (TPSA) is 70.0 Å². The van der Waals surface area contributed by atoms with Gasteiger partial charge in [-0.2, -0.15) is 0 Å². The Kier molecular flexibility index (Phi) is 6.65. The lowest BCUT2D eigenvalue weighted by Crippen LogP contribution is -2.58. The largest absolute Gasteiger partial charge is 0.350 e. The van der Waals surface area contributed by atoms with Gasteiger partial charge in [-0.25, -0.2) is 22.5 Å². The Morgan fingerprint density at radius 2 is 1.89 bits per heavy atom. The molecule has 7 nitrogen and oxygen atoms in total. The molecule has 5 rings (SSSR count). The maximum Gasteiger partial charge on any atom is 0.256 e. The van der Waals surface area contributed by atoms with Gasteiger partial charge in [0.15, 0.2) is 0 Å². The fraction of sp³-hybridized carbons (Fsp3) is 0.423. The first-order valence-corrected chi connectivity index (χ1v) is 12.2. The molecule has 11 heteroatoms. The number of carbonyl (C=O) groups excluding carboxylic acids is 2. The zero-order chi connectivity index (χ0) is 26.3. The molecule has 196 valence electrons. The molecule has 3 aromatic rings. The quantitative estimate of drug-likeness (QED) is 0.539. The average Bonchev–Trinajstić information content (AvgIpc) is 3.33. The number of benzene rings is 1. The maximum absolute atomic E-state index is 14.1. The number of likely N-dealkylation sites (tertiary alicyclic amines) is 2. The van der Waals surface area contributed by atoms with Crippen LogP contribution in [0, 0.1) is 11.6 Å². The van der Waals surface area contributed by atoms with E-state index in [9.17, 15) is 27.2 Å². The van der Waals surface area contributed by atoms with Gasteiger partial charge < -0.3 is 14.6 Å². The van der Waals surface area contributed by atoms with Crippen LogP contribution in [0.5, 0.6) is 0 Å². The first kappa shape index (κ1) is 25.2. The highest BCUT2D eigenvalue weighted by molar-refractivity contribution is 6.00. The van der Waals surface area contributed by atoms with E-state index in [0.29, 0.717) is 23.1 Å². The molecule has 1 N–H and O–H groups in total. The summed E-state index contributed by atoms with van der Waals surface area (Å²) in [4.78, 5) is 33.9. The minimum Gasteiger partial charge on any atom is -0.350 e. The summed E-state index contributed by atoms with van der Waals surface area (Å²) in [6.45, 7) is 0.397. The van der Waals surface area contributed by atoms with E-state index < -0.39 is 47.9 Å². The van der Waals surface area contributed by atoms with E-state index in [-0.39, 0.29) is 32.0 Å². The third-order valence-electron chi connectivity index (χ3n) is 7.38. The first-order chi connectivity index (χ1) is 17.6. The highest BCUT2D eigenvalue weighted by Crippen LogP contribution is 2.33. The molecule has 2 aliphatic heterocycles. The van der Waals surface area contributed by atoms with Crippen molar-refractivity contribution in [3.8, 4) is 0 Å². The van der Waals surface area contributed by atoms with Crippen LogP contribution in [0.3, 0.4) is 0 Å². The van der Waals surface area contributed by atoms with E-state index >= 15 is 0 Å². The molecule has 2 fully saturated rings. The van der Waals surface area contributed by atoms with Crippen molar-refractivity contribution in [2.24, 2.45) is 0 Å². The van der Waals surface area contributed by atoms with E-state index in [2.05, 4.69) is 10.3 Å². The summed E-state index contributed by atoms with van der Waals surface area (Å²) < 4.78 is 58.0. The predicted octanol–water partition coefficient (Wildman–Crippen LogP) is 3.46. The lowest BCUT2D eigenvalue weighted by molar-refractivity contribution is -0.137. The number of piperidine rings is 2. The molecule has 3 atom stereocenters. The van der Waals surface area contributed by atoms with Crippen LogP contribution in [0.1, 0.15) is 41.1 Å². The highest BCUT2D eigenvalue weighted by atomic mass is 19.3. The molecule has 0 spiro atoms. The third kappa shape index (κ3) is 5.18. The van der Waals surface area contributed by atoms with Crippen LogP contribution >= 0.6 is 0 Å². The van der Waals surface area contributed by atoms with Crippen LogP contribution in [0.15, 0.2) is 49.1 Å². The Hall–Kier alpha value is -3.47. The molecule has 0 unspecified atom stereocenters. The molecule has 37 heavy (non-hydrogen) atoms. The first-order valence-electron chi connectivity index (χ1n) is 12.2. The minimum atomic E-state index is -2.96. The van der Waals surface area contributed by atoms with Crippen LogP contribution in [-0.2, 0) is 4.79 Å². The Morgan fingerprint density at radius 3 is 2.65 bits per heavy atom. The van der Waals surface area contributed by atoms with Gasteiger partial charge in [0.25, 0.3) is 11.8 Å². The number of pyridine rings is 1. The maximum atomic E-state index is 14.1. The molecule has 0 bridgehead atoms. The fourth-order valence-corrected chi connectivity index (χ4v) is 5.38. The summed E-state index contributed by atoms with van der Waals surface area (Å²) in [5, 5.41) is 2.84. The molecule has 0 saturated carbocycles. The Bertz CT molecular complexity index is 1310. The third-order valence-corrected chi connectivity index (χ3v) is 7.38. The highest BCUT2D eigenvalue weighted by Gasteiger charge is 2.43. The number of nitrogens with one attached hydrogen (secondary N) is 1. The smallest absolute Gasteiger partial charge is 0.256 e. The van der Waals surface area contributed by atoms with Gasteiger partial charge in [0.05, 0.1) is 35.7 Å². The number of rotatable bonds is 4. The second-order valence-electron chi connectivity index (χ2n) is 9.88. The summed E-state index contributed by atoms with van der Waals surface area (Å²) >= 11 is 0. The predicted molar refractivity (Wildman–Crippen MR) is 127 cm³/mol. The molecule has 2 aliphatic rings. The molecule has 0 radical (unpaired) electrons. The standard InChI is InChI=1S/C26H27F4N5O2/c1-33-8-5-26(29,30)12-22(33)24(36)32-21-14-34(7-4-19(21)16-9-17(27)11-18(28)10-16)25(37)20-3-2-6-35-15-31-13-23(20)35/h2-3,6,9-11,13,15,19,21-22H,4-5,7-8,12,14H2,1H3,(H,32,36)/t19-,21+,22-/m0/s1. The number of nitrogens with zero attached hydrogens (tertiary/aromatic N) is 4. The molecule has 0 aliphatic carbocycles. The molecule has 2 saturated heterocycles. The number of amides is 2. The number of halogens is 4. The van der Waals surface area contributed by atoms with Gasteiger partial charge in [-0.15, -0.1) is 0 Å². The normalized spacial score (nSPS) is 24.2. The number of fused-ring (bicyclic) bond motifs is 1. The number of likely N-dealkylation sites (N-methyl/N-ethyl adjacent to an activating group) is 1. The van der Waals surface area contributed by atoms with E-state index in [1.165, 1.54) is 12.1 Å². The number of hydrogen-bond donors (Lipinski definition) is 1. The lowest BCUT2D eigenvalue weighted by Gasteiger charge is -2.41. The van der Waals surface area contributed by atoms with Crippen LogP contribution < -0.4 is 5.32 Å². The van der Waals surface area contributed by atoms with Crippen molar-refractivity contribution in [3.63, 3.8) is 0 Å². The van der Waals surface area contributed by atoms with Crippen LogP contribution in [0.4, 0.5) is 17.6 Å². The van der Waals surface area contributed by atoms with E-state index in [4.69, 9.17) is 0 Å². The summed E-state index contributed by atoms with van der Waals surface area (Å²) in [6.07, 6.45) is 4.30. The van der Waals surface area contributed by atoms with Crippen molar-refractivity contribution >= 4 is 17.3 Å². The second kappa shape index (κ2) is 9.77. The summed E-state index contributed by atoms with van der Waals surface area (Å²) in [5.41, 5.74) is 1.38. The van der Waals surface area contributed by atoms with E-state index in [0.717, 1.165) is 6.07 Å². The van der Waals surface area contributed by atoms with Gasteiger partial charge >= 0.3 is 0 Å². The van der Waals surface area contributed by atoms with Gasteiger partial charge in [-0.05, 0) is 43.3 Å². The van der Waals surface area contributed by atoms with Gasteiger partial charge in [0.1, 0.15) is 11.6 Å². The number of hydrogen-bond acceptors (Lipinski definition) is 4. The van der Waals surface area contributed by atoms with Gasteiger partial charge in [-0.3, -0.25) is 14.5 Å². The Morgan fingerprint density at radius 1 is 1.14 bits per heavy atom. The van der Waals surface area contributed by atoms with Crippen molar-refractivity contribution in [1.29, 1.82) is 0 Å². The Labute approximate surface area is 211 Å². The van der Waals surface area contributed by atoms with Crippen molar-refractivity contribution in [2.75, 3.05) is 26.7 Å². The molecule has 1 aromatic carbocycles. The fourth-order valence-electron chi connectivity index (χ4n) is 5.38. The van der Waals surface area contributed by atoms with Gasteiger partial charge in [-0.1, -0.05) is 0 Å². The molecule has 4 heterocycles. The minimum absolute atomic E-state index is 0.0510. The van der Waals surface area contributed by atoms with Crippen molar-refractivity contribution < 1.29 is 27.2 Å². The van der Waals surface area contributed by atoms with Crippen LogP contribution in [0.2, 0.25) is 0 Å². The van der Waals surface area contributed by atoms with Crippen LogP contribution in [0.25, 0.3) is 5.52 Å². The number of aromatic nitrogens is 2. The van der Waals surface area contributed by atoms with E-state index in [1.54, 1.807) is 52.1 Å². The van der Waals surface area contributed by atoms with Gasteiger partial charge in [0, 0.05) is 50.7 Å². The molecular formula is C26H27F4N5O2. The van der Waals surface area contributed by atoms with Crippen molar-refractivity contribution in [3.05, 3.63) is 71.8 Å². The lowest BCUT2D eigenvalue weighted by atomic mass is 9.84. The number of imidazole rings is 1. The second-order valence-corrected chi connectivity index (χ2v) is 9.88. The molecule has 2 amide bonds. The summed E-state index contributed by atoms with van der Waals surface area (Å²) in [7, 11) is 1.61. The Balaban J connectivity index is 1.42. The van der Waals surface area contributed by atoms with Gasteiger partial charge in [0.2, 0.25) is 5.91 Å². The average molecular weight is 518 g/mol. The molecule has 2 aromatic heterocycles. The zero-order valence-corrected chi connectivity index (χ0v) is 20.2.